The van der Waals surface area contributed by atoms with Crippen LogP contribution in [0, 0.1) is 5.41 Å². The van der Waals surface area contributed by atoms with Crippen molar-refractivity contribution in [3.63, 3.8) is 0 Å². The van der Waals surface area contributed by atoms with Crippen molar-refractivity contribution in [2.75, 3.05) is 13.1 Å². The molecule has 0 aliphatic rings. The number of allylic oxidation sites excluding steroid dienone is 1. The SMILES string of the molecule is CC=CCCNC=NCC=N. The molecule has 0 aromatic carbocycles. The molecule has 0 radical (unpaired) electrons. The second-order valence-electron chi connectivity index (χ2n) is 2.01. The van der Waals surface area contributed by atoms with Crippen LogP contribution in [0.15, 0.2) is 17.1 Å². The lowest BCUT2D eigenvalue weighted by molar-refractivity contribution is 0.899. The van der Waals surface area contributed by atoms with E-state index in [9.17, 15) is 0 Å². The van der Waals surface area contributed by atoms with Gasteiger partial charge >= 0.3 is 0 Å². The van der Waals surface area contributed by atoms with Gasteiger partial charge in [-0.05, 0) is 13.3 Å². The third kappa shape index (κ3) is 8.88. The second kappa shape index (κ2) is 8.88. The van der Waals surface area contributed by atoms with Gasteiger partial charge in [0.2, 0.25) is 0 Å². The maximum absolute atomic E-state index is 6.67. The van der Waals surface area contributed by atoms with E-state index >= 15 is 0 Å². The van der Waals surface area contributed by atoms with Crippen molar-refractivity contribution in [3.05, 3.63) is 12.2 Å². The molecule has 0 aliphatic carbocycles. The highest BCUT2D eigenvalue weighted by Crippen LogP contribution is 1.77. The number of nitrogens with zero attached hydrogens (tertiary/aromatic N) is 1. The highest BCUT2D eigenvalue weighted by atomic mass is 14.9. The molecule has 0 aromatic rings. The first-order valence-corrected chi connectivity index (χ1v) is 3.73. The maximum Gasteiger partial charge on any atom is 0.0828 e. The number of hydrogen-bond donors (Lipinski definition) is 2. The molecule has 0 aliphatic heterocycles. The van der Waals surface area contributed by atoms with Crippen LogP contribution in [-0.2, 0) is 0 Å². The average Bonchev–Trinajstić information content (AvgIpc) is 2.03. The largest absolute Gasteiger partial charge is 0.376 e. The molecular weight excluding hydrogens is 138 g/mol. The summed E-state index contributed by atoms with van der Waals surface area (Å²) in [5, 5.41) is 9.68. The molecular formula is C8H15N3. The Labute approximate surface area is 67.7 Å². The fourth-order valence-electron chi connectivity index (χ4n) is 0.568. The summed E-state index contributed by atoms with van der Waals surface area (Å²) in [5.41, 5.74) is 0. The van der Waals surface area contributed by atoms with Crippen LogP contribution in [0.5, 0.6) is 0 Å². The van der Waals surface area contributed by atoms with Crippen LogP contribution in [0.3, 0.4) is 0 Å². The van der Waals surface area contributed by atoms with Crippen LogP contribution in [-0.4, -0.2) is 25.6 Å². The van der Waals surface area contributed by atoms with Crippen LogP contribution >= 0.6 is 0 Å². The smallest absolute Gasteiger partial charge is 0.0828 e. The zero-order valence-corrected chi connectivity index (χ0v) is 6.88. The first kappa shape index (κ1) is 9.88. The van der Waals surface area contributed by atoms with E-state index in [0.717, 1.165) is 13.0 Å². The molecule has 0 aromatic heterocycles. The molecule has 11 heavy (non-hydrogen) atoms. The molecule has 62 valence electrons. The van der Waals surface area contributed by atoms with Crippen molar-refractivity contribution in [1.29, 1.82) is 5.41 Å². The van der Waals surface area contributed by atoms with Gasteiger partial charge in [-0.15, -0.1) is 0 Å². The Hall–Kier alpha value is -1.12. The Morgan fingerprint density at radius 3 is 3.00 bits per heavy atom. The van der Waals surface area contributed by atoms with Gasteiger partial charge in [0.1, 0.15) is 0 Å². The van der Waals surface area contributed by atoms with Crippen LogP contribution < -0.4 is 5.32 Å². The molecule has 0 fully saturated rings. The van der Waals surface area contributed by atoms with Gasteiger partial charge in [-0.1, -0.05) is 12.2 Å². The highest BCUT2D eigenvalue weighted by Gasteiger charge is 1.75. The van der Waals surface area contributed by atoms with Gasteiger partial charge in [-0.25, -0.2) is 0 Å². The summed E-state index contributed by atoms with van der Waals surface area (Å²) >= 11 is 0. The minimum Gasteiger partial charge on any atom is -0.376 e. The molecule has 0 heterocycles. The fourth-order valence-corrected chi connectivity index (χ4v) is 0.568. The lowest BCUT2D eigenvalue weighted by atomic mass is 10.4. The average molecular weight is 153 g/mol. The van der Waals surface area contributed by atoms with E-state index in [1.165, 1.54) is 6.21 Å². The van der Waals surface area contributed by atoms with E-state index in [-0.39, 0.29) is 0 Å². The summed E-state index contributed by atoms with van der Waals surface area (Å²) in [6.45, 7) is 3.38. The maximum atomic E-state index is 6.67. The Balaban J connectivity index is 3.06. The Morgan fingerprint density at radius 1 is 1.55 bits per heavy atom. The zero-order valence-electron chi connectivity index (χ0n) is 6.88. The first-order valence-electron chi connectivity index (χ1n) is 3.73. The van der Waals surface area contributed by atoms with Gasteiger partial charge in [0.25, 0.3) is 0 Å². The quantitative estimate of drug-likeness (QED) is 0.256. The summed E-state index contributed by atoms with van der Waals surface area (Å²) in [4.78, 5) is 3.88. The minimum atomic E-state index is 0.469. The lowest BCUT2D eigenvalue weighted by Crippen LogP contribution is -2.12. The second-order valence-corrected chi connectivity index (χ2v) is 2.01. The zero-order chi connectivity index (χ0) is 8.36. The van der Waals surface area contributed by atoms with E-state index in [2.05, 4.69) is 16.4 Å². The van der Waals surface area contributed by atoms with Gasteiger partial charge in [-0.2, -0.15) is 0 Å². The van der Waals surface area contributed by atoms with Crippen LogP contribution in [0.1, 0.15) is 13.3 Å². The predicted molar refractivity (Wildman–Crippen MR) is 49.6 cm³/mol. The highest BCUT2D eigenvalue weighted by molar-refractivity contribution is 5.61. The molecule has 3 nitrogen and oxygen atoms in total. The fraction of sp³-hybridized carbons (Fsp3) is 0.500. The topological polar surface area (TPSA) is 48.2 Å². The van der Waals surface area contributed by atoms with E-state index in [0.29, 0.717) is 6.54 Å². The van der Waals surface area contributed by atoms with Crippen molar-refractivity contribution in [3.8, 4) is 0 Å². The van der Waals surface area contributed by atoms with Crippen LogP contribution in [0.2, 0.25) is 0 Å². The normalized spacial score (nSPS) is 11.0. The molecule has 0 amide bonds. The molecule has 0 bridgehead atoms. The summed E-state index contributed by atoms with van der Waals surface area (Å²) in [6, 6.07) is 0. The van der Waals surface area contributed by atoms with Crippen LogP contribution in [0.4, 0.5) is 0 Å². The number of aliphatic imine (C=N–C) groups is 1. The van der Waals surface area contributed by atoms with Crippen molar-refractivity contribution in [2.24, 2.45) is 4.99 Å². The third-order valence-electron chi connectivity index (χ3n) is 1.07. The van der Waals surface area contributed by atoms with E-state index in [4.69, 9.17) is 5.41 Å². The molecule has 2 N–H and O–H groups in total. The van der Waals surface area contributed by atoms with E-state index in [1.807, 2.05) is 13.0 Å². The summed E-state index contributed by atoms with van der Waals surface area (Å²) in [6.07, 6.45) is 8.06. The molecule has 0 spiro atoms. The van der Waals surface area contributed by atoms with Gasteiger partial charge in [-0.3, -0.25) is 4.99 Å². The molecule has 0 atom stereocenters. The Morgan fingerprint density at radius 2 is 2.36 bits per heavy atom. The van der Waals surface area contributed by atoms with Gasteiger partial charge < -0.3 is 10.7 Å². The van der Waals surface area contributed by atoms with Crippen molar-refractivity contribution in [1.82, 2.24) is 5.32 Å². The van der Waals surface area contributed by atoms with Gasteiger partial charge in [0, 0.05) is 12.8 Å². The standard InChI is InChI=1S/C8H15N3/c1-2-3-4-6-10-8-11-7-5-9/h2-3,5,8-9H,4,6-7H2,1H3,(H,10,11). The third-order valence-corrected chi connectivity index (χ3v) is 1.07. The summed E-state index contributed by atoms with van der Waals surface area (Å²) in [5.74, 6) is 0. The van der Waals surface area contributed by atoms with Gasteiger partial charge in [0.15, 0.2) is 0 Å². The number of nitrogens with one attached hydrogen (secondary N) is 2. The molecule has 0 saturated heterocycles. The predicted octanol–water partition coefficient (Wildman–Crippen LogP) is 1.22. The van der Waals surface area contributed by atoms with E-state index in [1.54, 1.807) is 6.34 Å². The Kier molecular flexibility index (Phi) is 7.98. The molecule has 3 heteroatoms. The number of hydrogen-bond acceptors (Lipinski definition) is 2. The van der Waals surface area contributed by atoms with Crippen molar-refractivity contribution < 1.29 is 0 Å². The van der Waals surface area contributed by atoms with E-state index < -0.39 is 0 Å². The summed E-state index contributed by atoms with van der Waals surface area (Å²) in [7, 11) is 0. The molecule has 0 unspecified atom stereocenters. The Bertz CT molecular complexity index is 138. The molecule has 0 rings (SSSR count). The summed E-state index contributed by atoms with van der Waals surface area (Å²) < 4.78 is 0. The van der Waals surface area contributed by atoms with Crippen molar-refractivity contribution >= 4 is 12.6 Å². The van der Waals surface area contributed by atoms with Crippen LogP contribution in [0.25, 0.3) is 0 Å². The minimum absolute atomic E-state index is 0.469. The number of rotatable bonds is 6. The molecule has 0 saturated carbocycles. The lowest BCUT2D eigenvalue weighted by Gasteiger charge is -1.93. The first-order chi connectivity index (χ1) is 5.41. The van der Waals surface area contributed by atoms with Gasteiger partial charge in [0.05, 0.1) is 12.9 Å². The monoisotopic (exact) mass is 153 g/mol. The van der Waals surface area contributed by atoms with Crippen molar-refractivity contribution in [2.45, 2.75) is 13.3 Å².